The Bertz CT molecular complexity index is 819. The summed E-state index contributed by atoms with van der Waals surface area (Å²) in [4.78, 5) is 6.92. The molecule has 2 fully saturated rings. The number of likely N-dealkylation sites (N-methyl/N-ethyl adjacent to an activating group) is 1. The Morgan fingerprint density at radius 3 is 2.75 bits per heavy atom. The van der Waals surface area contributed by atoms with Crippen LogP contribution in [0.2, 0.25) is 0 Å². The molecule has 5 atom stereocenters. The Morgan fingerprint density at radius 2 is 2.07 bits per heavy atom. The summed E-state index contributed by atoms with van der Waals surface area (Å²) < 4.78 is 12.8. The van der Waals surface area contributed by atoms with Gasteiger partial charge in [-0.1, -0.05) is 6.07 Å². The van der Waals surface area contributed by atoms with Crippen molar-refractivity contribution in [3.63, 3.8) is 0 Å². The monoisotopic (exact) mass is 430 g/mol. The van der Waals surface area contributed by atoms with Crippen molar-refractivity contribution in [1.82, 2.24) is 4.90 Å². The van der Waals surface area contributed by atoms with E-state index in [0.717, 1.165) is 37.8 Å². The molecule has 0 amide bonds. The lowest BCUT2D eigenvalue weighted by molar-refractivity contribution is -0.201. The molecule has 0 unspecified atom stereocenters. The summed E-state index contributed by atoms with van der Waals surface area (Å²) in [7, 11) is 4.00. The first-order valence-corrected chi connectivity index (χ1v) is 9.31. The fraction of sp³-hybridized carbons (Fsp3) is 0.632. The number of halogens is 2. The lowest BCUT2D eigenvalue weighted by atomic mass is 9.48. The van der Waals surface area contributed by atoms with E-state index in [-0.39, 0.29) is 65.7 Å². The molecule has 0 aromatic heterocycles. The maximum Gasteiger partial charge on any atom is 0.186 e. The maximum absolute atomic E-state index is 10.5. The molecule has 5 N–H and O–H groups in total. The van der Waals surface area contributed by atoms with E-state index in [1.165, 1.54) is 5.56 Å². The molecule has 0 radical (unpaired) electrons. The Labute approximate surface area is 177 Å². The zero-order valence-electron chi connectivity index (χ0n) is 16.1. The number of phenolic OH excluding ortho intramolecular Hbond substituents is 1. The standard InChI is InChI=1S/C19H26N4O3.2ClH/c1-23-8-7-18-14-10-3-4-12(24)15(14)26-16(18)11(22-17(20)21)5-6-19(18,25-2)13(23)9-10;;/h3-4,11,13,16,24H,5-9H2,1-2H3,(H4,20,21,22);2*1H/t11-,13-,16+,18+,19-;;/m1../s1. The second-order valence-electron chi connectivity index (χ2n) is 8.16. The third-order valence-electron chi connectivity index (χ3n) is 7.34. The summed E-state index contributed by atoms with van der Waals surface area (Å²) in [5, 5.41) is 10.5. The smallest absolute Gasteiger partial charge is 0.186 e. The van der Waals surface area contributed by atoms with Crippen molar-refractivity contribution in [2.75, 3.05) is 20.7 Å². The highest BCUT2D eigenvalue weighted by molar-refractivity contribution is 5.85. The third-order valence-corrected chi connectivity index (χ3v) is 7.34. The number of benzene rings is 1. The van der Waals surface area contributed by atoms with Crippen LogP contribution in [0.15, 0.2) is 17.1 Å². The molecule has 2 bridgehead atoms. The number of piperidine rings is 1. The van der Waals surface area contributed by atoms with Gasteiger partial charge in [-0.2, -0.15) is 0 Å². The summed E-state index contributed by atoms with van der Waals surface area (Å²) >= 11 is 0. The second-order valence-corrected chi connectivity index (χ2v) is 8.16. The Balaban J connectivity index is 0.00000112. The van der Waals surface area contributed by atoms with Crippen LogP contribution in [-0.4, -0.2) is 60.5 Å². The topological polar surface area (TPSA) is 106 Å². The lowest BCUT2D eigenvalue weighted by Gasteiger charge is -2.64. The fourth-order valence-electron chi connectivity index (χ4n) is 6.44. The quantitative estimate of drug-likeness (QED) is 0.482. The first-order chi connectivity index (χ1) is 12.4. The molecule has 1 spiro atoms. The van der Waals surface area contributed by atoms with Gasteiger partial charge in [0.25, 0.3) is 0 Å². The third kappa shape index (κ3) is 2.27. The van der Waals surface area contributed by atoms with Gasteiger partial charge in [0.05, 0.1) is 17.1 Å². The molecule has 2 aliphatic carbocycles. The van der Waals surface area contributed by atoms with E-state index in [0.29, 0.717) is 5.75 Å². The Kier molecular flexibility index (Phi) is 5.20. The summed E-state index contributed by atoms with van der Waals surface area (Å²) in [5.41, 5.74) is 13.1. The molecule has 1 aromatic carbocycles. The van der Waals surface area contributed by atoms with Crippen LogP contribution in [0.25, 0.3) is 0 Å². The number of methoxy groups -OCH3 is 1. The number of aromatic hydroxyl groups is 1. The van der Waals surface area contributed by atoms with Crippen LogP contribution in [0.4, 0.5) is 0 Å². The van der Waals surface area contributed by atoms with Crippen LogP contribution in [0.5, 0.6) is 11.5 Å². The van der Waals surface area contributed by atoms with Crippen LogP contribution < -0.4 is 16.2 Å². The van der Waals surface area contributed by atoms with E-state index in [1.54, 1.807) is 6.07 Å². The molecule has 1 aromatic rings. The van der Waals surface area contributed by atoms with Crippen LogP contribution in [0.1, 0.15) is 30.4 Å². The minimum atomic E-state index is -0.355. The van der Waals surface area contributed by atoms with Crippen molar-refractivity contribution in [2.24, 2.45) is 16.5 Å². The Hall–Kier alpha value is -1.41. The molecule has 1 saturated carbocycles. The van der Waals surface area contributed by atoms with Crippen molar-refractivity contribution in [3.05, 3.63) is 23.3 Å². The molecular weight excluding hydrogens is 403 g/mol. The van der Waals surface area contributed by atoms with Crippen molar-refractivity contribution < 1.29 is 14.6 Å². The van der Waals surface area contributed by atoms with Crippen LogP contribution >= 0.6 is 24.8 Å². The van der Waals surface area contributed by atoms with Gasteiger partial charge in [-0.3, -0.25) is 0 Å². The van der Waals surface area contributed by atoms with E-state index < -0.39 is 0 Å². The zero-order chi connectivity index (χ0) is 18.3. The SMILES string of the molecule is CO[C@@]12CC[C@@H](N=C(N)N)[C@@H]3Oc4c(O)ccc5c4[C@@]31CCN(C)[C@@H]2C5.Cl.Cl. The Morgan fingerprint density at radius 1 is 1.32 bits per heavy atom. The van der Waals surface area contributed by atoms with Gasteiger partial charge >= 0.3 is 0 Å². The number of phenols is 1. The number of nitrogens with zero attached hydrogens (tertiary/aromatic N) is 2. The summed E-state index contributed by atoms with van der Waals surface area (Å²) in [6.45, 7) is 0.957. The van der Waals surface area contributed by atoms with Gasteiger partial charge in [0.1, 0.15) is 6.10 Å². The highest BCUT2D eigenvalue weighted by atomic mass is 35.5. The molecular formula is C19H28Cl2N4O3. The van der Waals surface area contributed by atoms with Gasteiger partial charge in [-0.15, -0.1) is 24.8 Å². The van der Waals surface area contributed by atoms with Crippen molar-refractivity contribution >= 4 is 30.8 Å². The van der Waals surface area contributed by atoms with Crippen molar-refractivity contribution in [1.29, 1.82) is 0 Å². The molecule has 4 aliphatic rings. The minimum absolute atomic E-state index is 0. The predicted molar refractivity (Wildman–Crippen MR) is 112 cm³/mol. The van der Waals surface area contributed by atoms with E-state index >= 15 is 0 Å². The van der Waals surface area contributed by atoms with Crippen molar-refractivity contribution in [2.45, 2.75) is 54.9 Å². The van der Waals surface area contributed by atoms with Crippen LogP contribution in [-0.2, 0) is 16.6 Å². The van der Waals surface area contributed by atoms with Crippen LogP contribution in [0.3, 0.4) is 0 Å². The molecule has 5 rings (SSSR count). The van der Waals surface area contributed by atoms with E-state index in [1.807, 2.05) is 13.2 Å². The van der Waals surface area contributed by atoms with Crippen molar-refractivity contribution in [3.8, 4) is 11.5 Å². The fourth-order valence-corrected chi connectivity index (χ4v) is 6.44. The predicted octanol–water partition coefficient (Wildman–Crippen LogP) is 1.32. The number of aliphatic imine (C=N–C) groups is 1. The second kappa shape index (κ2) is 6.83. The zero-order valence-corrected chi connectivity index (χ0v) is 17.7. The molecule has 2 heterocycles. The van der Waals surface area contributed by atoms with Gasteiger partial charge in [0.2, 0.25) is 0 Å². The van der Waals surface area contributed by atoms with Gasteiger partial charge in [-0.25, -0.2) is 4.99 Å². The molecule has 9 heteroatoms. The highest BCUT2D eigenvalue weighted by Gasteiger charge is 2.73. The van der Waals surface area contributed by atoms with Gasteiger partial charge in [0, 0.05) is 18.7 Å². The van der Waals surface area contributed by atoms with Gasteiger partial charge < -0.3 is 30.9 Å². The normalized spacial score (nSPS) is 37.0. The molecule has 1 saturated heterocycles. The molecule has 156 valence electrons. The number of guanidine groups is 1. The highest BCUT2D eigenvalue weighted by Crippen LogP contribution is 2.66. The molecule has 28 heavy (non-hydrogen) atoms. The van der Waals surface area contributed by atoms with E-state index in [2.05, 4.69) is 16.9 Å². The number of nitrogens with two attached hydrogens (primary N) is 2. The van der Waals surface area contributed by atoms with E-state index in [4.69, 9.17) is 20.9 Å². The number of likely N-dealkylation sites (tertiary alicyclic amines) is 1. The summed E-state index contributed by atoms with van der Waals surface area (Å²) in [6.07, 6.45) is 3.24. The molecule has 2 aliphatic heterocycles. The number of hydrogen-bond acceptors (Lipinski definition) is 5. The average molecular weight is 431 g/mol. The first-order valence-electron chi connectivity index (χ1n) is 9.31. The number of hydrogen-bond donors (Lipinski definition) is 3. The number of rotatable bonds is 2. The summed E-state index contributed by atoms with van der Waals surface area (Å²) in [6, 6.07) is 3.92. The molecule has 7 nitrogen and oxygen atoms in total. The maximum atomic E-state index is 10.5. The summed E-state index contributed by atoms with van der Waals surface area (Å²) in [5.74, 6) is 0.883. The van der Waals surface area contributed by atoms with Gasteiger partial charge in [-0.05, 0) is 50.9 Å². The average Bonchev–Trinajstić information content (AvgIpc) is 2.97. The van der Waals surface area contributed by atoms with Crippen LogP contribution in [0, 0.1) is 0 Å². The largest absolute Gasteiger partial charge is 0.504 e. The number of ether oxygens (including phenoxy) is 2. The first kappa shape index (κ1) is 21.3. The van der Waals surface area contributed by atoms with E-state index in [9.17, 15) is 5.11 Å². The lowest BCUT2D eigenvalue weighted by Crippen LogP contribution is -2.77. The minimum Gasteiger partial charge on any atom is -0.504 e. The van der Waals surface area contributed by atoms with Gasteiger partial charge in [0.15, 0.2) is 17.5 Å².